The minimum atomic E-state index is -1.01. The lowest BCUT2D eigenvalue weighted by Gasteiger charge is -2.17. The Bertz CT molecular complexity index is 604. The Labute approximate surface area is 118 Å². The number of carbonyl (C=O) groups is 2. The highest BCUT2D eigenvalue weighted by Crippen LogP contribution is 2.27. The minimum Gasteiger partial charge on any atom is -0.481 e. The molecular formula is C13H13FN2O5. The van der Waals surface area contributed by atoms with Crippen LogP contribution in [0.15, 0.2) is 18.2 Å². The van der Waals surface area contributed by atoms with E-state index in [2.05, 4.69) is 5.32 Å². The molecule has 2 unspecified atom stereocenters. The number of nitrogens with zero attached hydrogens (tertiary/aromatic N) is 1. The van der Waals surface area contributed by atoms with Gasteiger partial charge < -0.3 is 10.4 Å². The zero-order valence-corrected chi connectivity index (χ0v) is 10.9. The number of carboxylic acids is 1. The van der Waals surface area contributed by atoms with Crippen LogP contribution in [0.5, 0.6) is 0 Å². The van der Waals surface area contributed by atoms with Crippen molar-refractivity contribution in [1.82, 2.24) is 5.32 Å². The van der Waals surface area contributed by atoms with Gasteiger partial charge in [0.2, 0.25) is 0 Å². The van der Waals surface area contributed by atoms with Crippen LogP contribution in [-0.4, -0.2) is 27.9 Å². The van der Waals surface area contributed by atoms with Crippen molar-refractivity contribution in [2.75, 3.05) is 0 Å². The summed E-state index contributed by atoms with van der Waals surface area (Å²) in [7, 11) is 0. The summed E-state index contributed by atoms with van der Waals surface area (Å²) in [6.07, 6.45) is 1.61. The van der Waals surface area contributed by atoms with Crippen LogP contribution in [0.1, 0.15) is 29.6 Å². The molecule has 1 aliphatic rings. The molecule has 0 bridgehead atoms. The number of hydrogen-bond donors (Lipinski definition) is 2. The second kappa shape index (κ2) is 5.86. The number of carbonyl (C=O) groups excluding carboxylic acids is 1. The smallest absolute Gasteiger partial charge is 0.308 e. The maximum Gasteiger partial charge on any atom is 0.308 e. The molecule has 0 aliphatic heterocycles. The van der Waals surface area contributed by atoms with Crippen LogP contribution in [0, 0.1) is 21.8 Å². The molecule has 2 N–H and O–H groups in total. The molecule has 112 valence electrons. The van der Waals surface area contributed by atoms with E-state index in [1.807, 2.05) is 0 Å². The van der Waals surface area contributed by atoms with Gasteiger partial charge >= 0.3 is 5.97 Å². The molecule has 0 saturated heterocycles. The predicted molar refractivity (Wildman–Crippen MR) is 69.3 cm³/mol. The summed E-state index contributed by atoms with van der Waals surface area (Å²) in [6.45, 7) is 0. The monoisotopic (exact) mass is 296 g/mol. The fourth-order valence-electron chi connectivity index (χ4n) is 2.52. The molecule has 1 amide bonds. The summed E-state index contributed by atoms with van der Waals surface area (Å²) in [5, 5.41) is 22.4. The Hall–Kier alpha value is -2.51. The maximum absolute atomic E-state index is 13.0. The Kier molecular flexibility index (Phi) is 4.15. The van der Waals surface area contributed by atoms with Crippen LogP contribution in [0.2, 0.25) is 0 Å². The highest BCUT2D eigenvalue weighted by Gasteiger charge is 2.35. The molecule has 1 fully saturated rings. The zero-order chi connectivity index (χ0) is 15.6. The number of halogens is 1. The van der Waals surface area contributed by atoms with Crippen molar-refractivity contribution in [1.29, 1.82) is 0 Å². The van der Waals surface area contributed by atoms with E-state index in [0.29, 0.717) is 25.3 Å². The molecular weight excluding hydrogens is 283 g/mol. The summed E-state index contributed by atoms with van der Waals surface area (Å²) in [5.74, 6) is -3.29. The van der Waals surface area contributed by atoms with Crippen molar-refractivity contribution >= 4 is 17.6 Å². The largest absolute Gasteiger partial charge is 0.481 e. The molecule has 21 heavy (non-hydrogen) atoms. The van der Waals surface area contributed by atoms with Crippen LogP contribution in [0.25, 0.3) is 0 Å². The summed E-state index contributed by atoms with van der Waals surface area (Å²) in [5.41, 5.74) is -0.921. The molecule has 0 spiro atoms. The number of nitrogens with one attached hydrogen (secondary N) is 1. The van der Waals surface area contributed by atoms with Gasteiger partial charge in [-0.2, -0.15) is 0 Å². The van der Waals surface area contributed by atoms with Crippen LogP contribution in [-0.2, 0) is 4.79 Å². The number of amides is 1. The Balaban J connectivity index is 2.21. The van der Waals surface area contributed by atoms with E-state index in [1.165, 1.54) is 0 Å². The van der Waals surface area contributed by atoms with Gasteiger partial charge in [0.1, 0.15) is 11.4 Å². The topological polar surface area (TPSA) is 110 Å². The van der Waals surface area contributed by atoms with Crippen molar-refractivity contribution in [2.24, 2.45) is 5.92 Å². The summed E-state index contributed by atoms with van der Waals surface area (Å²) < 4.78 is 13.0. The van der Waals surface area contributed by atoms with Gasteiger partial charge in [0, 0.05) is 6.04 Å². The normalized spacial score (nSPS) is 21.0. The lowest BCUT2D eigenvalue weighted by molar-refractivity contribution is -0.385. The first-order chi connectivity index (χ1) is 9.90. The van der Waals surface area contributed by atoms with E-state index < -0.39 is 40.3 Å². The number of nitro benzene ring substituents is 1. The van der Waals surface area contributed by atoms with Gasteiger partial charge in [-0.25, -0.2) is 4.39 Å². The third-order valence-corrected chi connectivity index (χ3v) is 3.55. The van der Waals surface area contributed by atoms with Crippen molar-refractivity contribution < 1.29 is 24.0 Å². The fourth-order valence-corrected chi connectivity index (χ4v) is 2.52. The fraction of sp³-hybridized carbons (Fsp3) is 0.385. The first kappa shape index (κ1) is 14.9. The van der Waals surface area contributed by atoms with Crippen LogP contribution in [0.3, 0.4) is 0 Å². The highest BCUT2D eigenvalue weighted by molar-refractivity contribution is 5.98. The van der Waals surface area contributed by atoms with E-state index >= 15 is 0 Å². The molecule has 1 aromatic rings. The number of rotatable bonds is 4. The van der Waals surface area contributed by atoms with Gasteiger partial charge in [-0.15, -0.1) is 0 Å². The van der Waals surface area contributed by atoms with Crippen LogP contribution in [0.4, 0.5) is 10.1 Å². The highest BCUT2D eigenvalue weighted by atomic mass is 19.1. The lowest BCUT2D eigenvalue weighted by Crippen LogP contribution is -2.40. The predicted octanol–water partition coefficient (Wildman–Crippen LogP) is 1.72. The van der Waals surface area contributed by atoms with Gasteiger partial charge in [0.15, 0.2) is 0 Å². The van der Waals surface area contributed by atoms with Gasteiger partial charge in [0.05, 0.1) is 16.9 Å². The van der Waals surface area contributed by atoms with Crippen molar-refractivity contribution in [3.8, 4) is 0 Å². The second-order valence-corrected chi connectivity index (χ2v) is 4.87. The number of hydrogen-bond acceptors (Lipinski definition) is 4. The SMILES string of the molecule is O=C(NC1CCCC1C(=O)O)c1ccc(F)cc1[N+](=O)[O-]. The number of nitro groups is 1. The lowest BCUT2D eigenvalue weighted by atomic mass is 10.0. The number of aliphatic carboxylic acids is 1. The maximum atomic E-state index is 13.0. The average molecular weight is 296 g/mol. The molecule has 2 rings (SSSR count). The Morgan fingerprint density at radius 2 is 2.10 bits per heavy atom. The number of benzene rings is 1. The number of carboxylic acid groups (broad SMARTS) is 1. The van der Waals surface area contributed by atoms with Gasteiger partial charge in [-0.05, 0) is 25.0 Å². The first-order valence-electron chi connectivity index (χ1n) is 6.37. The van der Waals surface area contributed by atoms with E-state index in [9.17, 15) is 24.1 Å². The van der Waals surface area contributed by atoms with E-state index in [-0.39, 0.29) is 5.56 Å². The Morgan fingerprint density at radius 3 is 2.71 bits per heavy atom. The molecule has 0 heterocycles. The molecule has 1 aromatic carbocycles. The quantitative estimate of drug-likeness (QED) is 0.649. The van der Waals surface area contributed by atoms with Crippen LogP contribution >= 0.6 is 0 Å². The van der Waals surface area contributed by atoms with Gasteiger partial charge in [-0.1, -0.05) is 6.42 Å². The summed E-state index contributed by atoms with van der Waals surface area (Å²) in [4.78, 5) is 33.1. The molecule has 0 radical (unpaired) electrons. The van der Waals surface area contributed by atoms with E-state index in [4.69, 9.17) is 5.11 Å². The molecule has 7 nitrogen and oxygen atoms in total. The van der Waals surface area contributed by atoms with E-state index in [0.717, 1.165) is 12.1 Å². The molecule has 2 atom stereocenters. The zero-order valence-electron chi connectivity index (χ0n) is 10.9. The minimum absolute atomic E-state index is 0.280. The Morgan fingerprint density at radius 1 is 1.38 bits per heavy atom. The summed E-state index contributed by atoms with van der Waals surface area (Å²) >= 11 is 0. The van der Waals surface area contributed by atoms with Crippen molar-refractivity contribution in [3.63, 3.8) is 0 Å². The van der Waals surface area contributed by atoms with Crippen LogP contribution < -0.4 is 5.32 Å². The third kappa shape index (κ3) is 3.15. The molecule has 1 saturated carbocycles. The molecule has 8 heteroatoms. The third-order valence-electron chi connectivity index (χ3n) is 3.55. The molecule has 1 aliphatic carbocycles. The van der Waals surface area contributed by atoms with Crippen molar-refractivity contribution in [2.45, 2.75) is 25.3 Å². The average Bonchev–Trinajstić information content (AvgIpc) is 2.86. The van der Waals surface area contributed by atoms with Gasteiger partial charge in [0.25, 0.3) is 11.6 Å². The second-order valence-electron chi connectivity index (χ2n) is 4.87. The van der Waals surface area contributed by atoms with Crippen molar-refractivity contribution in [3.05, 3.63) is 39.7 Å². The first-order valence-corrected chi connectivity index (χ1v) is 6.37. The molecule has 0 aromatic heterocycles. The standard InChI is InChI=1S/C13H13FN2O5/c14-7-4-5-9(11(6-7)16(20)21)12(17)15-10-3-1-2-8(10)13(18)19/h4-6,8,10H,1-3H2,(H,15,17)(H,18,19). The van der Waals surface area contributed by atoms with E-state index in [1.54, 1.807) is 0 Å². The summed E-state index contributed by atoms with van der Waals surface area (Å²) in [6, 6.07) is 2.07. The van der Waals surface area contributed by atoms with Gasteiger partial charge in [-0.3, -0.25) is 19.7 Å².